The summed E-state index contributed by atoms with van der Waals surface area (Å²) in [5.74, 6) is -0.487. The average molecular weight is 360 g/mol. The number of anilines is 1. The Morgan fingerprint density at radius 3 is 2.26 bits per heavy atom. The van der Waals surface area contributed by atoms with Gasteiger partial charge in [-0.15, -0.1) is 10.2 Å². The number of aryl methyl sites for hydroxylation is 2. The predicted octanol–water partition coefficient (Wildman–Crippen LogP) is 4.43. The Morgan fingerprint density at radius 1 is 0.889 bits per heavy atom. The summed E-state index contributed by atoms with van der Waals surface area (Å²) in [6, 6.07) is 17.0. The van der Waals surface area contributed by atoms with Gasteiger partial charge in [0, 0.05) is 11.3 Å². The fourth-order valence-electron chi connectivity index (χ4n) is 2.99. The maximum atomic E-state index is 13.1. The van der Waals surface area contributed by atoms with E-state index in [-0.39, 0.29) is 11.7 Å². The molecule has 0 radical (unpaired) electrons. The summed E-state index contributed by atoms with van der Waals surface area (Å²) in [6.45, 7) is 3.92. The number of nitrogens with zero attached hydrogens (tertiary/aromatic N) is 3. The maximum absolute atomic E-state index is 13.1. The molecule has 1 heterocycles. The van der Waals surface area contributed by atoms with Crippen molar-refractivity contribution in [2.45, 2.75) is 13.8 Å². The van der Waals surface area contributed by atoms with Crippen LogP contribution in [0.4, 0.5) is 10.1 Å². The molecule has 1 amide bonds. The van der Waals surface area contributed by atoms with Gasteiger partial charge in [0.05, 0.1) is 5.69 Å². The zero-order chi connectivity index (χ0) is 19.0. The van der Waals surface area contributed by atoms with Crippen LogP contribution in [0.1, 0.15) is 21.5 Å². The van der Waals surface area contributed by atoms with E-state index in [9.17, 15) is 9.18 Å². The molecule has 0 spiro atoms. The summed E-state index contributed by atoms with van der Waals surface area (Å²) in [5, 5.41) is 11.7. The van der Waals surface area contributed by atoms with E-state index in [1.54, 1.807) is 30.3 Å². The molecule has 4 aromatic rings. The second-order valence-electron chi connectivity index (χ2n) is 6.50. The summed E-state index contributed by atoms with van der Waals surface area (Å²) < 4.78 is 13.1. The summed E-state index contributed by atoms with van der Waals surface area (Å²) in [7, 11) is 0. The third kappa shape index (κ3) is 3.55. The van der Waals surface area contributed by atoms with Crippen LogP contribution in [-0.2, 0) is 0 Å². The Kier molecular flexibility index (Phi) is 4.16. The molecule has 4 rings (SSSR count). The molecule has 134 valence electrons. The lowest BCUT2D eigenvalue weighted by atomic mass is 10.1. The van der Waals surface area contributed by atoms with Crippen molar-refractivity contribution in [1.82, 2.24) is 15.0 Å². The molecule has 27 heavy (non-hydrogen) atoms. The highest BCUT2D eigenvalue weighted by atomic mass is 19.1. The molecule has 1 N–H and O–H groups in total. The van der Waals surface area contributed by atoms with Crippen LogP contribution >= 0.6 is 0 Å². The standard InChI is InChI=1S/C21H17FN4O/c1-13-9-14(2)11-15(10-13)21(27)23-17-5-8-19-20(12-17)25-26(24-19)18-6-3-16(22)4-7-18/h3-12H,1-2H3,(H,23,27). The molecule has 0 aliphatic carbocycles. The van der Waals surface area contributed by atoms with Crippen molar-refractivity contribution in [2.24, 2.45) is 0 Å². The molecule has 0 atom stereocenters. The van der Waals surface area contributed by atoms with Crippen LogP contribution in [-0.4, -0.2) is 20.9 Å². The second-order valence-corrected chi connectivity index (χ2v) is 6.50. The molecular weight excluding hydrogens is 343 g/mol. The Morgan fingerprint density at radius 2 is 1.56 bits per heavy atom. The highest BCUT2D eigenvalue weighted by Gasteiger charge is 2.10. The Balaban J connectivity index is 1.61. The van der Waals surface area contributed by atoms with E-state index in [4.69, 9.17) is 0 Å². The first kappa shape index (κ1) is 16.9. The first-order valence-electron chi connectivity index (χ1n) is 8.51. The lowest BCUT2D eigenvalue weighted by Gasteiger charge is -2.07. The predicted molar refractivity (Wildman–Crippen MR) is 103 cm³/mol. The Bertz CT molecular complexity index is 1130. The second kappa shape index (κ2) is 6.64. The Labute approximate surface area is 155 Å². The van der Waals surface area contributed by atoms with Gasteiger partial charge in [0.25, 0.3) is 5.91 Å². The topological polar surface area (TPSA) is 59.8 Å². The lowest BCUT2D eigenvalue weighted by molar-refractivity contribution is 0.102. The third-order valence-electron chi connectivity index (χ3n) is 4.18. The quantitative estimate of drug-likeness (QED) is 0.588. The molecule has 0 aliphatic rings. The molecular formula is C21H17FN4O. The minimum atomic E-state index is -0.313. The van der Waals surface area contributed by atoms with Crippen LogP contribution in [0.25, 0.3) is 16.7 Å². The maximum Gasteiger partial charge on any atom is 0.255 e. The molecule has 0 unspecified atom stereocenters. The van der Waals surface area contributed by atoms with Crippen LogP contribution in [0.2, 0.25) is 0 Å². The van der Waals surface area contributed by atoms with Gasteiger partial charge >= 0.3 is 0 Å². The third-order valence-corrected chi connectivity index (χ3v) is 4.18. The van der Waals surface area contributed by atoms with Crippen molar-refractivity contribution in [3.8, 4) is 5.69 Å². The molecule has 6 heteroatoms. The number of benzene rings is 3. The molecule has 1 aromatic heterocycles. The van der Waals surface area contributed by atoms with Crippen LogP contribution < -0.4 is 5.32 Å². The van der Waals surface area contributed by atoms with E-state index in [0.717, 1.165) is 11.1 Å². The van der Waals surface area contributed by atoms with Crippen molar-refractivity contribution >= 4 is 22.6 Å². The minimum Gasteiger partial charge on any atom is -0.322 e. The van der Waals surface area contributed by atoms with E-state index in [1.807, 2.05) is 32.0 Å². The summed E-state index contributed by atoms with van der Waals surface area (Å²) in [5.41, 5.74) is 5.31. The number of amides is 1. The van der Waals surface area contributed by atoms with E-state index >= 15 is 0 Å². The van der Waals surface area contributed by atoms with Gasteiger partial charge in [0.15, 0.2) is 0 Å². The van der Waals surface area contributed by atoms with E-state index in [1.165, 1.54) is 16.9 Å². The van der Waals surface area contributed by atoms with Crippen LogP contribution in [0.15, 0.2) is 60.7 Å². The van der Waals surface area contributed by atoms with Crippen LogP contribution in [0, 0.1) is 19.7 Å². The van der Waals surface area contributed by atoms with Gasteiger partial charge < -0.3 is 5.32 Å². The van der Waals surface area contributed by atoms with Crippen molar-refractivity contribution in [2.75, 3.05) is 5.32 Å². The number of halogens is 1. The number of carbonyl (C=O) groups is 1. The monoisotopic (exact) mass is 360 g/mol. The van der Waals surface area contributed by atoms with Crippen molar-refractivity contribution < 1.29 is 9.18 Å². The molecule has 5 nitrogen and oxygen atoms in total. The number of nitrogens with one attached hydrogen (secondary N) is 1. The van der Waals surface area contributed by atoms with E-state index in [0.29, 0.717) is 28.0 Å². The first-order chi connectivity index (χ1) is 13.0. The summed E-state index contributed by atoms with van der Waals surface area (Å²) >= 11 is 0. The van der Waals surface area contributed by atoms with E-state index < -0.39 is 0 Å². The molecule has 0 saturated heterocycles. The van der Waals surface area contributed by atoms with Gasteiger partial charge in [-0.05, 0) is 68.4 Å². The van der Waals surface area contributed by atoms with Crippen molar-refractivity contribution in [3.63, 3.8) is 0 Å². The summed E-state index contributed by atoms with van der Waals surface area (Å²) in [4.78, 5) is 14.0. The lowest BCUT2D eigenvalue weighted by Crippen LogP contribution is -2.12. The summed E-state index contributed by atoms with van der Waals surface area (Å²) in [6.07, 6.45) is 0. The molecule has 0 aliphatic heterocycles. The van der Waals surface area contributed by atoms with Gasteiger partial charge in [-0.25, -0.2) is 4.39 Å². The zero-order valence-corrected chi connectivity index (χ0v) is 14.9. The van der Waals surface area contributed by atoms with Gasteiger partial charge in [-0.3, -0.25) is 4.79 Å². The van der Waals surface area contributed by atoms with Gasteiger partial charge in [0.1, 0.15) is 16.9 Å². The highest BCUT2D eigenvalue weighted by Crippen LogP contribution is 2.19. The number of rotatable bonds is 3. The zero-order valence-electron chi connectivity index (χ0n) is 14.9. The van der Waals surface area contributed by atoms with Gasteiger partial charge in [-0.2, -0.15) is 4.80 Å². The van der Waals surface area contributed by atoms with Crippen LogP contribution in [0.3, 0.4) is 0 Å². The molecule has 0 saturated carbocycles. The molecule has 0 fully saturated rings. The van der Waals surface area contributed by atoms with Crippen molar-refractivity contribution in [3.05, 3.63) is 83.2 Å². The average Bonchev–Trinajstić information content (AvgIpc) is 3.04. The largest absolute Gasteiger partial charge is 0.322 e. The Hall–Kier alpha value is -3.54. The number of hydrogen-bond donors (Lipinski definition) is 1. The fourth-order valence-corrected chi connectivity index (χ4v) is 2.99. The number of carbonyl (C=O) groups excluding carboxylic acids is 1. The molecule has 0 bridgehead atoms. The number of hydrogen-bond acceptors (Lipinski definition) is 3. The normalized spacial score (nSPS) is 10.9. The van der Waals surface area contributed by atoms with E-state index in [2.05, 4.69) is 15.5 Å². The fraction of sp³-hybridized carbons (Fsp3) is 0.0952. The van der Waals surface area contributed by atoms with Crippen LogP contribution in [0.5, 0.6) is 0 Å². The van der Waals surface area contributed by atoms with Gasteiger partial charge in [-0.1, -0.05) is 17.2 Å². The SMILES string of the molecule is Cc1cc(C)cc(C(=O)Nc2ccc3nn(-c4ccc(F)cc4)nc3c2)c1. The minimum absolute atomic E-state index is 0.174. The van der Waals surface area contributed by atoms with Gasteiger partial charge in [0.2, 0.25) is 0 Å². The number of fused-ring (bicyclic) bond motifs is 1. The highest BCUT2D eigenvalue weighted by molar-refractivity contribution is 6.05. The van der Waals surface area contributed by atoms with Crippen molar-refractivity contribution in [1.29, 1.82) is 0 Å². The smallest absolute Gasteiger partial charge is 0.255 e. The first-order valence-corrected chi connectivity index (χ1v) is 8.51. The molecule has 3 aromatic carbocycles. The number of aromatic nitrogens is 3.